The van der Waals surface area contributed by atoms with Gasteiger partial charge in [0.1, 0.15) is 0 Å². The molecule has 6 rings (SSSR count). The highest BCUT2D eigenvalue weighted by Gasteiger charge is 2.38. The van der Waals surface area contributed by atoms with Crippen molar-refractivity contribution in [3.05, 3.63) is 72.4 Å². The molecule has 2 aliphatic carbocycles. The number of nitrogens with zero attached hydrogens (tertiary/aromatic N) is 1. The molecule has 40 heavy (non-hydrogen) atoms. The van der Waals surface area contributed by atoms with Crippen LogP contribution in [0.1, 0.15) is 50.5 Å². The van der Waals surface area contributed by atoms with Crippen molar-refractivity contribution in [1.82, 2.24) is 9.71 Å². The van der Waals surface area contributed by atoms with Gasteiger partial charge in [0, 0.05) is 23.6 Å². The van der Waals surface area contributed by atoms with E-state index < -0.39 is 15.6 Å². The van der Waals surface area contributed by atoms with E-state index in [4.69, 9.17) is 15.5 Å². The summed E-state index contributed by atoms with van der Waals surface area (Å²) in [5.41, 5.74) is 11.4. The number of rotatable bonds is 9. The number of hydrogen-bond donors (Lipinski definition) is 3. The summed E-state index contributed by atoms with van der Waals surface area (Å²) < 4.78 is 32.7. The predicted octanol–water partition coefficient (Wildman–Crippen LogP) is 4.57. The smallest absolute Gasteiger partial charge is 0.224 e. The Morgan fingerprint density at radius 3 is 2.27 bits per heavy atom. The van der Waals surface area contributed by atoms with Crippen LogP contribution >= 0.6 is 0 Å². The van der Waals surface area contributed by atoms with Crippen LogP contribution in [-0.4, -0.2) is 43.8 Å². The van der Waals surface area contributed by atoms with Crippen LogP contribution in [0.3, 0.4) is 0 Å². The Morgan fingerprint density at radius 2 is 1.65 bits per heavy atom. The topological polar surface area (TPSA) is 123 Å². The zero-order chi connectivity index (χ0) is 27.7. The summed E-state index contributed by atoms with van der Waals surface area (Å²) in [4.78, 5) is 17.8. The van der Waals surface area contributed by atoms with Crippen LogP contribution in [0.2, 0.25) is 0 Å². The lowest BCUT2D eigenvalue weighted by molar-refractivity contribution is -0.117. The van der Waals surface area contributed by atoms with Gasteiger partial charge in [0.05, 0.1) is 41.6 Å². The summed E-state index contributed by atoms with van der Waals surface area (Å²) in [5.74, 6) is 0.198. The number of ether oxygens (including phenoxy) is 1. The van der Waals surface area contributed by atoms with E-state index in [0.717, 1.165) is 66.5 Å². The molecular weight excluding hydrogens is 524 g/mol. The van der Waals surface area contributed by atoms with E-state index in [2.05, 4.69) is 10.0 Å². The second-order valence-corrected chi connectivity index (χ2v) is 13.5. The molecule has 2 saturated carbocycles. The molecule has 0 unspecified atom stereocenters. The molecule has 3 aliphatic rings. The molecular formula is C31H36N4O4S. The second-order valence-electron chi connectivity index (χ2n) is 11.5. The molecule has 0 radical (unpaired) electrons. The molecule has 1 saturated heterocycles. The molecule has 0 atom stereocenters. The summed E-state index contributed by atoms with van der Waals surface area (Å²) in [5, 5.41) is 2.85. The van der Waals surface area contributed by atoms with Gasteiger partial charge in [0.25, 0.3) is 0 Å². The molecule has 1 amide bonds. The third-order valence-corrected chi connectivity index (χ3v) is 10.3. The second kappa shape index (κ2) is 11.0. The van der Waals surface area contributed by atoms with Gasteiger partial charge < -0.3 is 15.8 Å². The predicted molar refractivity (Wildman–Crippen MR) is 156 cm³/mol. The van der Waals surface area contributed by atoms with Crippen molar-refractivity contribution in [3.63, 3.8) is 0 Å². The standard InChI is InChI=1S/C31H36N4O4S/c32-31(19-39-20-31)24-10-8-23(9-11-24)30-28(22-4-2-1-3-5-22)17-26(18-33-30)34-29(36)16-21-6-12-25(13-7-21)35-40(37,38)27-14-15-27/h1-5,8-11,17-18,21,25,27,35H,6-7,12-16,19-20,32H2,(H,34,36). The van der Waals surface area contributed by atoms with Crippen molar-refractivity contribution >= 4 is 21.6 Å². The molecule has 2 heterocycles. The first-order valence-electron chi connectivity index (χ1n) is 14.1. The molecule has 1 aromatic heterocycles. The monoisotopic (exact) mass is 560 g/mol. The maximum atomic E-state index is 13.0. The molecule has 8 nitrogen and oxygen atoms in total. The van der Waals surface area contributed by atoms with Crippen LogP contribution < -0.4 is 15.8 Å². The number of benzene rings is 2. The van der Waals surface area contributed by atoms with Crippen molar-refractivity contribution in [1.29, 1.82) is 0 Å². The van der Waals surface area contributed by atoms with Crippen LogP contribution in [-0.2, 0) is 25.1 Å². The fourth-order valence-corrected chi connectivity index (χ4v) is 7.36. The zero-order valence-electron chi connectivity index (χ0n) is 22.5. The van der Waals surface area contributed by atoms with Gasteiger partial charge >= 0.3 is 0 Å². The van der Waals surface area contributed by atoms with Crippen molar-refractivity contribution < 1.29 is 17.9 Å². The maximum absolute atomic E-state index is 13.0. The normalized spacial score (nSPS) is 22.3. The quantitative estimate of drug-likeness (QED) is 0.352. The van der Waals surface area contributed by atoms with Gasteiger partial charge in [-0.1, -0.05) is 54.6 Å². The van der Waals surface area contributed by atoms with Crippen LogP contribution in [0.4, 0.5) is 5.69 Å². The number of nitrogens with two attached hydrogens (primary N) is 1. The fraction of sp³-hybridized carbons (Fsp3) is 0.419. The Balaban J connectivity index is 1.12. The van der Waals surface area contributed by atoms with E-state index in [9.17, 15) is 13.2 Å². The summed E-state index contributed by atoms with van der Waals surface area (Å²) in [6.07, 6.45) is 6.88. The van der Waals surface area contributed by atoms with Crippen LogP contribution in [0, 0.1) is 5.92 Å². The maximum Gasteiger partial charge on any atom is 0.224 e. The average Bonchev–Trinajstić information content (AvgIpc) is 3.80. The molecule has 3 aromatic rings. The lowest BCUT2D eigenvalue weighted by Crippen LogP contribution is -2.54. The summed E-state index contributed by atoms with van der Waals surface area (Å²) in [6.45, 7) is 1.05. The van der Waals surface area contributed by atoms with E-state index in [1.54, 1.807) is 6.20 Å². The largest absolute Gasteiger partial charge is 0.377 e. The van der Waals surface area contributed by atoms with Gasteiger partial charge in [0.2, 0.25) is 15.9 Å². The van der Waals surface area contributed by atoms with E-state index in [1.807, 2.05) is 60.7 Å². The molecule has 0 bridgehead atoms. The Kier molecular flexibility index (Phi) is 7.48. The van der Waals surface area contributed by atoms with Crippen LogP contribution in [0.5, 0.6) is 0 Å². The van der Waals surface area contributed by atoms with Gasteiger partial charge in [-0.25, -0.2) is 13.1 Å². The van der Waals surface area contributed by atoms with Gasteiger partial charge in [0.15, 0.2) is 0 Å². The molecule has 2 aromatic carbocycles. The minimum atomic E-state index is -3.17. The molecule has 3 fully saturated rings. The first-order valence-corrected chi connectivity index (χ1v) is 15.7. The number of aromatic nitrogens is 1. The minimum absolute atomic E-state index is 0.0124. The highest BCUT2D eigenvalue weighted by molar-refractivity contribution is 7.90. The third-order valence-electron chi connectivity index (χ3n) is 8.32. The Hall–Kier alpha value is -3.11. The number of pyridine rings is 1. The first-order chi connectivity index (χ1) is 19.3. The minimum Gasteiger partial charge on any atom is -0.377 e. The summed E-state index contributed by atoms with van der Waals surface area (Å²) >= 11 is 0. The number of carbonyl (C=O) groups excluding carboxylic acids is 1. The number of carbonyl (C=O) groups is 1. The Bertz CT molecular complexity index is 1460. The molecule has 0 spiro atoms. The molecule has 4 N–H and O–H groups in total. The summed E-state index contributed by atoms with van der Waals surface area (Å²) in [6, 6.07) is 20.2. The molecule has 1 aliphatic heterocycles. The molecule has 210 valence electrons. The highest BCUT2D eigenvalue weighted by Crippen LogP contribution is 2.35. The third kappa shape index (κ3) is 5.98. The number of sulfonamides is 1. The Labute approximate surface area is 235 Å². The van der Waals surface area contributed by atoms with Crippen LogP contribution in [0.15, 0.2) is 66.9 Å². The highest BCUT2D eigenvalue weighted by atomic mass is 32.2. The van der Waals surface area contributed by atoms with E-state index in [1.165, 1.54) is 0 Å². The summed E-state index contributed by atoms with van der Waals surface area (Å²) in [7, 11) is -3.17. The average molecular weight is 561 g/mol. The SMILES string of the molecule is NC1(c2ccc(-c3ncc(NC(=O)CC4CCC(NS(=O)(=O)C5CC5)CC4)cc3-c3ccccc3)cc2)COC1. The van der Waals surface area contributed by atoms with Crippen molar-refractivity contribution in [3.8, 4) is 22.4 Å². The number of hydrogen-bond acceptors (Lipinski definition) is 6. The Morgan fingerprint density at radius 1 is 0.950 bits per heavy atom. The van der Waals surface area contributed by atoms with Crippen molar-refractivity contribution in [2.24, 2.45) is 11.7 Å². The number of amides is 1. The first kappa shape index (κ1) is 27.1. The fourth-order valence-electron chi connectivity index (χ4n) is 5.72. The van der Waals surface area contributed by atoms with Gasteiger partial charge in [-0.3, -0.25) is 9.78 Å². The van der Waals surface area contributed by atoms with Crippen molar-refractivity contribution in [2.75, 3.05) is 18.5 Å². The van der Waals surface area contributed by atoms with Gasteiger partial charge in [-0.2, -0.15) is 0 Å². The van der Waals surface area contributed by atoms with E-state index >= 15 is 0 Å². The van der Waals surface area contributed by atoms with E-state index in [0.29, 0.717) is 25.3 Å². The van der Waals surface area contributed by atoms with Gasteiger partial charge in [-0.05, 0) is 61.6 Å². The lowest BCUT2D eigenvalue weighted by Gasteiger charge is -2.38. The van der Waals surface area contributed by atoms with Crippen molar-refractivity contribution in [2.45, 2.75) is 61.8 Å². The number of nitrogens with one attached hydrogen (secondary N) is 2. The number of anilines is 1. The zero-order valence-corrected chi connectivity index (χ0v) is 23.3. The lowest BCUT2D eigenvalue weighted by atomic mass is 9.84. The van der Waals surface area contributed by atoms with Gasteiger partial charge in [-0.15, -0.1) is 0 Å². The van der Waals surface area contributed by atoms with E-state index in [-0.39, 0.29) is 23.1 Å². The molecule has 9 heteroatoms. The van der Waals surface area contributed by atoms with Crippen LogP contribution in [0.25, 0.3) is 22.4 Å².